The summed E-state index contributed by atoms with van der Waals surface area (Å²) in [6, 6.07) is 3.70. The van der Waals surface area contributed by atoms with Crippen LogP contribution in [0.3, 0.4) is 0 Å². The Kier molecular flexibility index (Phi) is 3.28. The van der Waals surface area contributed by atoms with Gasteiger partial charge in [0.1, 0.15) is 5.60 Å². The molecular weight excluding hydrogens is 241 g/mol. The maximum absolute atomic E-state index is 9.89. The van der Waals surface area contributed by atoms with Crippen LogP contribution in [0.25, 0.3) is 0 Å². The zero-order chi connectivity index (χ0) is 14.5. The van der Waals surface area contributed by atoms with Gasteiger partial charge in [0.05, 0.1) is 16.9 Å². The van der Waals surface area contributed by atoms with Crippen molar-refractivity contribution in [1.82, 2.24) is 4.98 Å². The maximum Gasteiger partial charge on any atom is 0.496 e. The Labute approximate surface area is 115 Å². The Morgan fingerprint density at radius 1 is 1.11 bits per heavy atom. The van der Waals surface area contributed by atoms with Gasteiger partial charge in [0, 0.05) is 11.7 Å². The third-order valence-corrected chi connectivity index (χ3v) is 3.94. The normalized spacial score (nSPS) is 21.7. The molecule has 0 amide bonds. The van der Waals surface area contributed by atoms with E-state index in [9.17, 15) is 5.11 Å². The third-order valence-electron chi connectivity index (χ3n) is 3.94. The van der Waals surface area contributed by atoms with Gasteiger partial charge in [-0.15, -0.1) is 0 Å². The highest BCUT2D eigenvalue weighted by Gasteiger charge is 2.51. The van der Waals surface area contributed by atoms with Gasteiger partial charge in [0.15, 0.2) is 0 Å². The molecule has 0 saturated carbocycles. The van der Waals surface area contributed by atoms with Crippen LogP contribution in [0.5, 0.6) is 0 Å². The number of hydrogen-bond acceptors (Lipinski definition) is 4. The number of rotatable bonds is 2. The lowest BCUT2D eigenvalue weighted by Gasteiger charge is -2.32. The summed E-state index contributed by atoms with van der Waals surface area (Å²) in [4.78, 5) is 4.28. The summed E-state index contributed by atoms with van der Waals surface area (Å²) >= 11 is 0. The van der Waals surface area contributed by atoms with Gasteiger partial charge in [-0.1, -0.05) is 6.07 Å². The predicted octanol–water partition coefficient (Wildman–Crippen LogP) is 1.61. The van der Waals surface area contributed by atoms with Gasteiger partial charge in [0.2, 0.25) is 0 Å². The zero-order valence-electron chi connectivity index (χ0n) is 12.5. The van der Waals surface area contributed by atoms with E-state index in [1.807, 2.05) is 33.8 Å². The van der Waals surface area contributed by atoms with Crippen molar-refractivity contribution in [3.63, 3.8) is 0 Å². The summed E-state index contributed by atoms with van der Waals surface area (Å²) in [5.41, 5.74) is -0.146. The molecule has 1 saturated heterocycles. The van der Waals surface area contributed by atoms with Crippen molar-refractivity contribution in [3.05, 3.63) is 24.0 Å². The van der Waals surface area contributed by atoms with E-state index in [4.69, 9.17) is 9.31 Å². The molecule has 104 valence electrons. The topological polar surface area (TPSA) is 51.6 Å². The molecule has 0 atom stereocenters. The van der Waals surface area contributed by atoms with Gasteiger partial charge in [0.25, 0.3) is 0 Å². The monoisotopic (exact) mass is 263 g/mol. The molecule has 1 N–H and O–H groups in total. The molecule has 5 heteroatoms. The number of aliphatic hydroxyl groups is 1. The highest BCUT2D eigenvalue weighted by atomic mass is 16.7. The number of hydrogen-bond donors (Lipinski definition) is 1. The van der Waals surface area contributed by atoms with Gasteiger partial charge in [-0.05, 0) is 47.6 Å². The molecule has 1 aromatic rings. The molecule has 0 spiro atoms. The quantitative estimate of drug-likeness (QED) is 0.823. The largest absolute Gasteiger partial charge is 0.496 e. The molecule has 1 aliphatic rings. The summed E-state index contributed by atoms with van der Waals surface area (Å²) in [5.74, 6) is 0. The van der Waals surface area contributed by atoms with Crippen molar-refractivity contribution in [1.29, 1.82) is 0 Å². The van der Waals surface area contributed by atoms with Crippen LogP contribution in [0.4, 0.5) is 0 Å². The molecule has 1 aliphatic heterocycles. The van der Waals surface area contributed by atoms with E-state index >= 15 is 0 Å². The SMILES string of the molecule is CC(C)(O)c1ccc(B2OC(C)(C)C(C)(C)O2)cn1. The summed E-state index contributed by atoms with van der Waals surface area (Å²) in [6.45, 7) is 11.5. The molecule has 19 heavy (non-hydrogen) atoms. The van der Waals surface area contributed by atoms with Gasteiger partial charge >= 0.3 is 7.12 Å². The van der Waals surface area contributed by atoms with Gasteiger partial charge in [-0.2, -0.15) is 0 Å². The lowest BCUT2D eigenvalue weighted by molar-refractivity contribution is 0.00578. The van der Waals surface area contributed by atoms with E-state index in [2.05, 4.69) is 4.98 Å². The fourth-order valence-electron chi connectivity index (χ4n) is 1.89. The second kappa shape index (κ2) is 4.30. The molecular formula is C14H22BNO3. The average Bonchev–Trinajstić information content (AvgIpc) is 2.47. The molecule has 0 radical (unpaired) electrons. The van der Waals surface area contributed by atoms with Crippen LogP contribution in [-0.4, -0.2) is 28.4 Å². The molecule has 4 nitrogen and oxygen atoms in total. The van der Waals surface area contributed by atoms with Gasteiger partial charge in [-0.3, -0.25) is 4.98 Å². The van der Waals surface area contributed by atoms with Crippen molar-refractivity contribution < 1.29 is 14.4 Å². The molecule has 0 bridgehead atoms. The standard InChI is InChI=1S/C14H22BNO3/c1-12(2,17)11-8-7-10(9-16-11)15-18-13(3,4)14(5,6)19-15/h7-9,17H,1-6H3. The Hall–Kier alpha value is -0.905. The first-order valence-electron chi connectivity index (χ1n) is 6.57. The van der Waals surface area contributed by atoms with Crippen molar-refractivity contribution >= 4 is 12.6 Å². The van der Waals surface area contributed by atoms with E-state index in [1.54, 1.807) is 26.1 Å². The molecule has 0 aliphatic carbocycles. The summed E-state index contributed by atoms with van der Waals surface area (Å²) in [7, 11) is -0.409. The van der Waals surface area contributed by atoms with Crippen LogP contribution in [0.2, 0.25) is 0 Å². The highest BCUT2D eigenvalue weighted by molar-refractivity contribution is 6.62. The minimum absolute atomic E-state index is 0.355. The van der Waals surface area contributed by atoms with E-state index in [0.29, 0.717) is 5.69 Å². The molecule has 2 rings (SSSR count). The van der Waals surface area contributed by atoms with Crippen LogP contribution < -0.4 is 5.46 Å². The lowest BCUT2D eigenvalue weighted by atomic mass is 9.80. The number of pyridine rings is 1. The van der Waals surface area contributed by atoms with Crippen molar-refractivity contribution in [2.75, 3.05) is 0 Å². The zero-order valence-corrected chi connectivity index (χ0v) is 12.5. The summed E-state index contributed by atoms with van der Waals surface area (Å²) in [6.07, 6.45) is 1.70. The van der Waals surface area contributed by atoms with Crippen LogP contribution in [0.15, 0.2) is 18.3 Å². The molecule has 0 unspecified atom stereocenters. The van der Waals surface area contributed by atoms with E-state index in [1.165, 1.54) is 0 Å². The molecule has 0 aromatic carbocycles. The third kappa shape index (κ3) is 2.68. The first-order valence-corrected chi connectivity index (χ1v) is 6.57. The Morgan fingerprint density at radius 3 is 2.00 bits per heavy atom. The average molecular weight is 263 g/mol. The number of aromatic nitrogens is 1. The smallest absolute Gasteiger partial charge is 0.399 e. The summed E-state index contributed by atoms with van der Waals surface area (Å²) in [5, 5.41) is 9.89. The van der Waals surface area contributed by atoms with E-state index < -0.39 is 12.7 Å². The van der Waals surface area contributed by atoms with Crippen molar-refractivity contribution in [2.45, 2.75) is 58.3 Å². The Morgan fingerprint density at radius 2 is 1.63 bits per heavy atom. The van der Waals surface area contributed by atoms with Crippen LogP contribution in [0.1, 0.15) is 47.2 Å². The number of nitrogens with zero attached hydrogens (tertiary/aromatic N) is 1. The second-order valence-corrected chi connectivity index (χ2v) is 6.62. The molecule has 1 aromatic heterocycles. The Balaban J connectivity index is 2.22. The molecule has 1 fully saturated rings. The fraction of sp³-hybridized carbons (Fsp3) is 0.643. The van der Waals surface area contributed by atoms with E-state index in [0.717, 1.165) is 5.46 Å². The minimum atomic E-state index is -0.936. The van der Waals surface area contributed by atoms with Gasteiger partial charge < -0.3 is 14.4 Å². The Bertz CT molecular complexity index is 447. The first-order chi connectivity index (χ1) is 8.53. The molecule has 2 heterocycles. The van der Waals surface area contributed by atoms with Gasteiger partial charge in [-0.25, -0.2) is 0 Å². The maximum atomic E-state index is 9.89. The predicted molar refractivity (Wildman–Crippen MR) is 75.2 cm³/mol. The van der Waals surface area contributed by atoms with Crippen LogP contribution in [0, 0.1) is 0 Å². The van der Waals surface area contributed by atoms with E-state index in [-0.39, 0.29) is 11.2 Å². The van der Waals surface area contributed by atoms with Crippen LogP contribution >= 0.6 is 0 Å². The van der Waals surface area contributed by atoms with Crippen molar-refractivity contribution in [3.8, 4) is 0 Å². The second-order valence-electron chi connectivity index (χ2n) is 6.62. The minimum Gasteiger partial charge on any atom is -0.399 e. The lowest BCUT2D eigenvalue weighted by Crippen LogP contribution is -2.41. The highest BCUT2D eigenvalue weighted by Crippen LogP contribution is 2.36. The van der Waals surface area contributed by atoms with Crippen molar-refractivity contribution in [2.24, 2.45) is 0 Å². The fourth-order valence-corrected chi connectivity index (χ4v) is 1.89. The van der Waals surface area contributed by atoms with Crippen LogP contribution in [-0.2, 0) is 14.9 Å². The summed E-state index contributed by atoms with van der Waals surface area (Å²) < 4.78 is 11.9. The first kappa shape index (κ1) is 14.5.